The maximum Gasteiger partial charge on any atom is 0.0757 e. The Morgan fingerprint density at radius 2 is 1.36 bits per heavy atom. The lowest BCUT2D eigenvalue weighted by Crippen LogP contribution is -2.47. The van der Waals surface area contributed by atoms with Gasteiger partial charge in [-0.1, -0.05) is 6.58 Å². The smallest absolute Gasteiger partial charge is 0.0757 e. The van der Waals surface area contributed by atoms with Crippen LogP contribution in [0.25, 0.3) is 0 Å². The second-order valence-electron chi connectivity index (χ2n) is 3.13. The molecule has 0 amide bonds. The molecule has 0 aromatic carbocycles. The van der Waals surface area contributed by atoms with Crippen LogP contribution in [0.3, 0.4) is 0 Å². The number of aliphatic carboxylic acids is 1. The largest absolute Gasteiger partial charge is 0.545 e. The predicted octanol–water partition coefficient (Wildman–Crippen LogP) is 0.805. The number of hydrogen-bond acceptors (Lipinski definition) is 2. The molecule has 3 nitrogen and oxygen atoms in total. The quantitative estimate of drug-likeness (QED) is 0.488. The Balaban J connectivity index is 0. The molecule has 0 saturated carbocycles. The highest BCUT2D eigenvalue weighted by Gasteiger charge is 2.16. The summed E-state index contributed by atoms with van der Waals surface area (Å²) in [5, 5.41) is 9.14. The Kier molecular flexibility index (Phi) is 9.78. The first-order valence-electron chi connectivity index (χ1n) is 5.20. The van der Waals surface area contributed by atoms with Crippen molar-refractivity contribution in [2.24, 2.45) is 0 Å². The molecule has 0 saturated heterocycles. The Morgan fingerprint density at radius 3 is 1.36 bits per heavy atom. The zero-order valence-corrected chi connectivity index (χ0v) is 9.88. The molecule has 0 aliphatic carbocycles. The summed E-state index contributed by atoms with van der Waals surface area (Å²) >= 11 is 0. The van der Waals surface area contributed by atoms with Gasteiger partial charge in [-0.3, -0.25) is 0 Å². The van der Waals surface area contributed by atoms with Gasteiger partial charge in [0.2, 0.25) is 0 Å². The zero-order chi connectivity index (χ0) is 11.6. The first-order valence-corrected chi connectivity index (χ1v) is 5.20. The van der Waals surface area contributed by atoms with Crippen molar-refractivity contribution in [3.8, 4) is 0 Å². The molecule has 0 heterocycles. The third kappa shape index (κ3) is 6.66. The molecule has 14 heavy (non-hydrogen) atoms. The van der Waals surface area contributed by atoms with E-state index in [0.29, 0.717) is 0 Å². The lowest BCUT2D eigenvalue weighted by molar-refractivity contribution is -0.921. The van der Waals surface area contributed by atoms with Gasteiger partial charge in [-0.2, -0.15) is 0 Å². The van der Waals surface area contributed by atoms with E-state index in [2.05, 4.69) is 34.3 Å². The number of carboxylic acids is 1. The van der Waals surface area contributed by atoms with Gasteiger partial charge < -0.3 is 14.4 Å². The summed E-state index contributed by atoms with van der Waals surface area (Å²) in [6, 6.07) is 0. The van der Waals surface area contributed by atoms with Gasteiger partial charge in [-0.15, -0.1) is 0 Å². The van der Waals surface area contributed by atoms with Crippen LogP contribution in [-0.4, -0.2) is 36.6 Å². The normalized spacial score (nSPS) is 10.0. The van der Waals surface area contributed by atoms with E-state index in [-0.39, 0.29) is 0 Å². The van der Waals surface area contributed by atoms with Crippen LogP contribution in [-0.2, 0) is 4.79 Å². The van der Waals surface area contributed by atoms with Gasteiger partial charge in [0.1, 0.15) is 0 Å². The third-order valence-electron chi connectivity index (χ3n) is 2.85. The van der Waals surface area contributed by atoms with Crippen LogP contribution in [0.15, 0.2) is 12.7 Å². The molecule has 0 rings (SSSR count). The number of hydrogen-bond donors (Lipinski definition) is 0. The molecule has 0 radical (unpaired) electrons. The number of carboxylic acid groups (broad SMARTS) is 1. The maximum atomic E-state index is 9.14. The van der Waals surface area contributed by atoms with Crippen molar-refractivity contribution in [2.45, 2.75) is 27.7 Å². The molecular formula is C11H23NO2. The summed E-state index contributed by atoms with van der Waals surface area (Å²) in [7, 11) is 0. The van der Waals surface area contributed by atoms with E-state index in [9.17, 15) is 0 Å². The average molecular weight is 201 g/mol. The lowest BCUT2D eigenvalue weighted by atomic mass is 10.3. The minimum atomic E-state index is -1.23. The van der Waals surface area contributed by atoms with E-state index in [1.807, 2.05) is 0 Å². The Hall–Kier alpha value is -0.830. The highest BCUT2D eigenvalue weighted by Crippen LogP contribution is 2.03. The Bertz CT molecular complexity index is 145. The van der Waals surface area contributed by atoms with Crippen LogP contribution in [0.1, 0.15) is 27.7 Å². The summed E-state index contributed by atoms with van der Waals surface area (Å²) < 4.78 is 1.28. The van der Waals surface area contributed by atoms with E-state index >= 15 is 0 Å². The zero-order valence-electron chi connectivity index (χ0n) is 9.88. The first kappa shape index (κ1) is 15.6. The summed E-state index contributed by atoms with van der Waals surface area (Å²) in [6.07, 6.45) is 0.722. The van der Waals surface area contributed by atoms with Crippen molar-refractivity contribution < 1.29 is 14.4 Å². The van der Waals surface area contributed by atoms with Gasteiger partial charge in [0.15, 0.2) is 0 Å². The molecule has 0 N–H and O–H groups in total. The Morgan fingerprint density at radius 1 is 1.14 bits per heavy atom. The summed E-state index contributed by atoms with van der Waals surface area (Å²) in [6.45, 7) is 17.1. The fourth-order valence-corrected chi connectivity index (χ4v) is 1.34. The van der Waals surface area contributed by atoms with E-state index in [0.717, 1.165) is 6.08 Å². The van der Waals surface area contributed by atoms with Crippen LogP contribution in [0.2, 0.25) is 0 Å². The number of rotatable bonds is 5. The van der Waals surface area contributed by atoms with E-state index in [1.165, 1.54) is 30.7 Å². The average Bonchev–Trinajstić information content (AvgIpc) is 2.23. The summed E-state index contributed by atoms with van der Waals surface area (Å²) in [4.78, 5) is 9.14. The van der Waals surface area contributed by atoms with E-state index < -0.39 is 5.97 Å². The van der Waals surface area contributed by atoms with Crippen LogP contribution in [0, 0.1) is 0 Å². The molecule has 0 aliphatic rings. The summed E-state index contributed by atoms with van der Waals surface area (Å²) in [5.74, 6) is -1.23. The van der Waals surface area contributed by atoms with Crippen LogP contribution < -0.4 is 5.11 Å². The lowest BCUT2D eigenvalue weighted by Gasteiger charge is -2.34. The van der Waals surface area contributed by atoms with Gasteiger partial charge in [0.05, 0.1) is 32.1 Å². The molecule has 0 aromatic heterocycles. The minimum Gasteiger partial charge on any atom is -0.545 e. The third-order valence-corrected chi connectivity index (χ3v) is 2.85. The van der Waals surface area contributed by atoms with Gasteiger partial charge in [0.25, 0.3) is 0 Å². The fraction of sp³-hybridized carbons (Fsp3) is 0.727. The second-order valence-corrected chi connectivity index (χ2v) is 3.13. The molecule has 0 aromatic rings. The summed E-state index contributed by atoms with van der Waals surface area (Å²) in [5.41, 5.74) is 0. The van der Waals surface area contributed by atoms with E-state index in [4.69, 9.17) is 9.90 Å². The number of quaternary nitrogens is 1. The Labute approximate surface area is 87.6 Å². The van der Waals surface area contributed by atoms with Gasteiger partial charge in [-0.05, 0) is 33.8 Å². The molecule has 0 atom stereocenters. The van der Waals surface area contributed by atoms with Crippen LogP contribution in [0.5, 0.6) is 0 Å². The molecule has 0 unspecified atom stereocenters. The molecule has 84 valence electrons. The molecular weight excluding hydrogens is 178 g/mol. The monoisotopic (exact) mass is 201 g/mol. The minimum absolute atomic E-state index is 0.722. The van der Waals surface area contributed by atoms with E-state index in [1.54, 1.807) is 0 Å². The number of carbonyl (C=O) groups excluding carboxylic acids is 1. The number of carbonyl (C=O) groups is 1. The fourth-order valence-electron chi connectivity index (χ4n) is 1.34. The standard InChI is InChI=1S/C8H20N.C3H4O2/c1-5-9(6-2,7-3)8-4;1-2-3(4)5/h5-8H2,1-4H3;2H,1H2,(H,4,5)/q+1;/p-1. The van der Waals surface area contributed by atoms with Crippen molar-refractivity contribution in [3.63, 3.8) is 0 Å². The molecule has 0 fully saturated rings. The molecule has 0 spiro atoms. The van der Waals surface area contributed by atoms with Gasteiger partial charge in [-0.25, -0.2) is 0 Å². The highest BCUT2D eigenvalue weighted by atomic mass is 16.4. The maximum absolute atomic E-state index is 9.14. The highest BCUT2D eigenvalue weighted by molar-refractivity contribution is 5.76. The molecule has 0 aliphatic heterocycles. The van der Waals surface area contributed by atoms with Crippen molar-refractivity contribution in [1.82, 2.24) is 0 Å². The van der Waals surface area contributed by atoms with Crippen molar-refractivity contribution in [2.75, 3.05) is 26.2 Å². The predicted molar refractivity (Wildman–Crippen MR) is 57.6 cm³/mol. The van der Waals surface area contributed by atoms with Crippen molar-refractivity contribution in [3.05, 3.63) is 12.7 Å². The topological polar surface area (TPSA) is 40.1 Å². The van der Waals surface area contributed by atoms with Crippen molar-refractivity contribution >= 4 is 5.97 Å². The molecule has 3 heteroatoms. The van der Waals surface area contributed by atoms with Crippen molar-refractivity contribution in [1.29, 1.82) is 0 Å². The molecule has 0 bridgehead atoms. The van der Waals surface area contributed by atoms with Gasteiger partial charge >= 0.3 is 0 Å². The second kappa shape index (κ2) is 8.75. The van der Waals surface area contributed by atoms with Gasteiger partial charge in [0, 0.05) is 0 Å². The van der Waals surface area contributed by atoms with Crippen LogP contribution in [0.4, 0.5) is 0 Å². The van der Waals surface area contributed by atoms with Crippen LogP contribution >= 0.6 is 0 Å². The number of nitrogens with zero attached hydrogens (tertiary/aromatic N) is 1. The SMILES string of the molecule is C=CC(=O)[O-].CC[N+](CC)(CC)CC. The first-order chi connectivity index (χ1) is 6.51.